The Hall–Kier alpha value is -1.93. The van der Waals surface area contributed by atoms with E-state index in [1.54, 1.807) is 6.07 Å². The SMILES string of the molecule is N#Cc1cc(F)cc(C2CCC(C(=O)O)N2)c1. The number of rotatable bonds is 2. The van der Waals surface area contributed by atoms with E-state index in [2.05, 4.69) is 5.32 Å². The Morgan fingerprint density at radius 3 is 2.82 bits per heavy atom. The summed E-state index contributed by atoms with van der Waals surface area (Å²) in [6, 6.07) is 5.18. The summed E-state index contributed by atoms with van der Waals surface area (Å²) in [4.78, 5) is 10.8. The number of nitrogens with zero attached hydrogens (tertiary/aromatic N) is 1. The van der Waals surface area contributed by atoms with E-state index in [-0.39, 0.29) is 11.6 Å². The fraction of sp³-hybridized carbons (Fsp3) is 0.333. The lowest BCUT2D eigenvalue weighted by Gasteiger charge is -2.12. The first-order chi connectivity index (χ1) is 8.10. The second-order valence-corrected chi connectivity index (χ2v) is 4.07. The second kappa shape index (κ2) is 4.52. The zero-order chi connectivity index (χ0) is 12.4. The van der Waals surface area contributed by atoms with E-state index in [4.69, 9.17) is 10.4 Å². The van der Waals surface area contributed by atoms with Gasteiger partial charge in [-0.2, -0.15) is 5.26 Å². The van der Waals surface area contributed by atoms with Gasteiger partial charge in [-0.3, -0.25) is 10.1 Å². The van der Waals surface area contributed by atoms with Crippen molar-refractivity contribution in [3.05, 3.63) is 35.1 Å². The van der Waals surface area contributed by atoms with Gasteiger partial charge in [0.05, 0.1) is 11.6 Å². The average molecular weight is 234 g/mol. The number of carboxylic acid groups (broad SMARTS) is 1. The van der Waals surface area contributed by atoms with Crippen molar-refractivity contribution >= 4 is 5.97 Å². The van der Waals surface area contributed by atoms with Gasteiger partial charge in [0.2, 0.25) is 0 Å². The highest BCUT2D eigenvalue weighted by molar-refractivity contribution is 5.74. The van der Waals surface area contributed by atoms with E-state index < -0.39 is 17.8 Å². The molecule has 2 N–H and O–H groups in total. The highest BCUT2D eigenvalue weighted by Crippen LogP contribution is 2.27. The molecule has 88 valence electrons. The zero-order valence-electron chi connectivity index (χ0n) is 8.98. The van der Waals surface area contributed by atoms with Gasteiger partial charge in [0, 0.05) is 6.04 Å². The molecular weight excluding hydrogens is 223 g/mol. The van der Waals surface area contributed by atoms with Crippen LogP contribution in [-0.4, -0.2) is 17.1 Å². The van der Waals surface area contributed by atoms with Gasteiger partial charge in [-0.1, -0.05) is 0 Å². The molecular formula is C12H11FN2O2. The second-order valence-electron chi connectivity index (χ2n) is 4.07. The molecule has 1 aliphatic heterocycles. The van der Waals surface area contributed by atoms with Gasteiger partial charge >= 0.3 is 5.97 Å². The van der Waals surface area contributed by atoms with Crippen LogP contribution in [0.25, 0.3) is 0 Å². The maximum atomic E-state index is 13.2. The quantitative estimate of drug-likeness (QED) is 0.814. The monoisotopic (exact) mass is 234 g/mol. The highest BCUT2D eigenvalue weighted by atomic mass is 19.1. The van der Waals surface area contributed by atoms with Crippen LogP contribution in [0.15, 0.2) is 18.2 Å². The molecule has 0 bridgehead atoms. The smallest absolute Gasteiger partial charge is 0.320 e. The van der Waals surface area contributed by atoms with Crippen LogP contribution in [0.4, 0.5) is 4.39 Å². The van der Waals surface area contributed by atoms with Crippen LogP contribution < -0.4 is 5.32 Å². The molecule has 17 heavy (non-hydrogen) atoms. The number of benzene rings is 1. The predicted molar refractivity (Wildman–Crippen MR) is 57.6 cm³/mol. The van der Waals surface area contributed by atoms with Gasteiger partial charge in [-0.15, -0.1) is 0 Å². The van der Waals surface area contributed by atoms with Crippen LogP contribution in [0.2, 0.25) is 0 Å². The Bertz CT molecular complexity index is 496. The molecule has 0 aromatic heterocycles. The molecule has 1 aromatic carbocycles. The molecule has 0 radical (unpaired) electrons. The van der Waals surface area contributed by atoms with Gasteiger partial charge in [0.15, 0.2) is 0 Å². The fourth-order valence-electron chi connectivity index (χ4n) is 2.08. The Balaban J connectivity index is 2.22. The third kappa shape index (κ3) is 2.43. The summed E-state index contributed by atoms with van der Waals surface area (Å²) in [6.45, 7) is 0. The molecule has 1 saturated heterocycles. The first-order valence-corrected chi connectivity index (χ1v) is 5.29. The average Bonchev–Trinajstić information content (AvgIpc) is 2.77. The normalized spacial score (nSPS) is 23.3. The van der Waals surface area contributed by atoms with Crippen LogP contribution in [0.3, 0.4) is 0 Å². The number of carboxylic acids is 1. The van der Waals surface area contributed by atoms with Crippen molar-refractivity contribution in [2.24, 2.45) is 0 Å². The van der Waals surface area contributed by atoms with Crippen molar-refractivity contribution in [1.82, 2.24) is 5.32 Å². The number of nitrogens with one attached hydrogen (secondary N) is 1. The predicted octanol–water partition coefficient (Wildman–Crippen LogP) is 1.58. The summed E-state index contributed by atoms with van der Waals surface area (Å²) in [5.41, 5.74) is 0.880. The van der Waals surface area contributed by atoms with Crippen molar-refractivity contribution in [3.8, 4) is 6.07 Å². The number of hydrogen-bond donors (Lipinski definition) is 2. The molecule has 1 heterocycles. The summed E-state index contributed by atoms with van der Waals surface area (Å²) in [6.07, 6.45) is 1.14. The van der Waals surface area contributed by atoms with Crippen molar-refractivity contribution in [3.63, 3.8) is 0 Å². The minimum atomic E-state index is -0.899. The third-order valence-corrected chi connectivity index (χ3v) is 2.90. The summed E-state index contributed by atoms with van der Waals surface area (Å²) < 4.78 is 13.2. The number of aliphatic carboxylic acids is 1. The zero-order valence-corrected chi connectivity index (χ0v) is 8.98. The topological polar surface area (TPSA) is 73.1 Å². The molecule has 2 unspecified atom stereocenters. The molecule has 2 atom stereocenters. The van der Waals surface area contributed by atoms with Gasteiger partial charge in [0.25, 0.3) is 0 Å². The summed E-state index contributed by atoms with van der Waals surface area (Å²) >= 11 is 0. The summed E-state index contributed by atoms with van der Waals surface area (Å²) in [5, 5.41) is 20.5. The lowest BCUT2D eigenvalue weighted by atomic mass is 10.0. The minimum Gasteiger partial charge on any atom is -0.480 e. The maximum absolute atomic E-state index is 13.2. The van der Waals surface area contributed by atoms with E-state index in [1.807, 2.05) is 6.07 Å². The minimum absolute atomic E-state index is 0.195. The standard InChI is InChI=1S/C12H11FN2O2/c13-9-4-7(6-14)3-8(5-9)10-1-2-11(15-10)12(16)17/h3-5,10-11,15H,1-2H2,(H,16,17). The van der Waals surface area contributed by atoms with Gasteiger partial charge < -0.3 is 5.11 Å². The molecule has 0 aliphatic carbocycles. The van der Waals surface area contributed by atoms with E-state index in [0.717, 1.165) is 6.07 Å². The van der Waals surface area contributed by atoms with Crippen molar-refractivity contribution in [1.29, 1.82) is 5.26 Å². The highest BCUT2D eigenvalue weighted by Gasteiger charge is 2.29. The lowest BCUT2D eigenvalue weighted by Crippen LogP contribution is -2.31. The van der Waals surface area contributed by atoms with Gasteiger partial charge in [-0.05, 0) is 36.6 Å². The largest absolute Gasteiger partial charge is 0.480 e. The van der Waals surface area contributed by atoms with Gasteiger partial charge in [-0.25, -0.2) is 4.39 Å². The summed E-state index contributed by atoms with van der Waals surface area (Å²) in [5.74, 6) is -1.37. The number of hydrogen-bond acceptors (Lipinski definition) is 3. The molecule has 2 rings (SSSR count). The van der Waals surface area contributed by atoms with E-state index in [9.17, 15) is 9.18 Å². The van der Waals surface area contributed by atoms with Crippen LogP contribution in [0.5, 0.6) is 0 Å². The Morgan fingerprint density at radius 1 is 1.47 bits per heavy atom. The van der Waals surface area contributed by atoms with Crippen LogP contribution >= 0.6 is 0 Å². The molecule has 1 fully saturated rings. The number of halogens is 1. The van der Waals surface area contributed by atoms with Crippen LogP contribution in [0.1, 0.15) is 30.0 Å². The lowest BCUT2D eigenvalue weighted by molar-refractivity contribution is -0.139. The van der Waals surface area contributed by atoms with Crippen LogP contribution in [-0.2, 0) is 4.79 Å². The fourth-order valence-corrected chi connectivity index (χ4v) is 2.08. The summed E-state index contributed by atoms with van der Waals surface area (Å²) in [7, 11) is 0. The Morgan fingerprint density at radius 2 is 2.24 bits per heavy atom. The maximum Gasteiger partial charge on any atom is 0.320 e. The Kier molecular flexibility index (Phi) is 3.07. The molecule has 5 heteroatoms. The molecule has 0 amide bonds. The first-order valence-electron chi connectivity index (χ1n) is 5.29. The Labute approximate surface area is 97.7 Å². The number of carbonyl (C=O) groups is 1. The molecule has 4 nitrogen and oxygen atoms in total. The van der Waals surface area contributed by atoms with Crippen molar-refractivity contribution in [2.45, 2.75) is 24.9 Å². The van der Waals surface area contributed by atoms with E-state index in [0.29, 0.717) is 18.4 Å². The molecule has 0 spiro atoms. The molecule has 1 aromatic rings. The van der Waals surface area contributed by atoms with E-state index >= 15 is 0 Å². The third-order valence-electron chi connectivity index (χ3n) is 2.90. The van der Waals surface area contributed by atoms with E-state index in [1.165, 1.54) is 6.07 Å². The molecule has 0 saturated carbocycles. The first kappa shape index (κ1) is 11.6. The van der Waals surface area contributed by atoms with Crippen molar-refractivity contribution in [2.75, 3.05) is 0 Å². The number of nitriles is 1. The molecule has 1 aliphatic rings. The van der Waals surface area contributed by atoms with Gasteiger partial charge in [0.1, 0.15) is 11.9 Å². The van der Waals surface area contributed by atoms with Crippen LogP contribution in [0, 0.1) is 17.1 Å². The van der Waals surface area contributed by atoms with Crippen molar-refractivity contribution < 1.29 is 14.3 Å².